The van der Waals surface area contributed by atoms with Crippen molar-refractivity contribution in [3.63, 3.8) is 0 Å². The van der Waals surface area contributed by atoms with Crippen molar-refractivity contribution < 1.29 is 5.11 Å². The first kappa shape index (κ1) is 14.1. The van der Waals surface area contributed by atoms with Gasteiger partial charge in [-0.2, -0.15) is 0 Å². The van der Waals surface area contributed by atoms with Crippen molar-refractivity contribution in [2.45, 2.75) is 38.3 Å². The second-order valence-corrected chi connectivity index (χ2v) is 5.90. The number of hydrogen-bond donors (Lipinski definition) is 2. The standard InChI is InChI=1S/C14H19Cl2NO/c1-9(12-7-11(15)5-6-13(12)16)17-8-10-3-2-4-14(10)18/h5-7,9-10,14,17-18H,2-4,8H2,1H3. The van der Waals surface area contributed by atoms with Crippen molar-refractivity contribution in [3.05, 3.63) is 33.8 Å². The molecule has 2 nitrogen and oxygen atoms in total. The molecule has 1 aromatic carbocycles. The minimum Gasteiger partial charge on any atom is -0.393 e. The first-order chi connectivity index (χ1) is 8.58. The molecule has 3 unspecified atom stereocenters. The van der Waals surface area contributed by atoms with Crippen LogP contribution >= 0.6 is 23.2 Å². The summed E-state index contributed by atoms with van der Waals surface area (Å²) in [6.45, 7) is 2.89. The lowest BCUT2D eigenvalue weighted by molar-refractivity contribution is 0.130. The van der Waals surface area contributed by atoms with Crippen molar-refractivity contribution in [2.75, 3.05) is 6.54 Å². The van der Waals surface area contributed by atoms with Crippen LogP contribution in [0, 0.1) is 5.92 Å². The molecule has 0 saturated heterocycles. The van der Waals surface area contributed by atoms with Crippen LogP contribution in [0.4, 0.5) is 0 Å². The van der Waals surface area contributed by atoms with Crippen molar-refractivity contribution in [1.82, 2.24) is 5.32 Å². The zero-order valence-electron chi connectivity index (χ0n) is 10.5. The average molecular weight is 288 g/mol. The molecule has 1 aliphatic carbocycles. The van der Waals surface area contributed by atoms with Crippen LogP contribution in [0.15, 0.2) is 18.2 Å². The maximum atomic E-state index is 9.78. The Morgan fingerprint density at radius 3 is 2.83 bits per heavy atom. The van der Waals surface area contributed by atoms with Crippen molar-refractivity contribution in [3.8, 4) is 0 Å². The molecule has 4 heteroatoms. The van der Waals surface area contributed by atoms with Gasteiger partial charge < -0.3 is 10.4 Å². The summed E-state index contributed by atoms with van der Waals surface area (Å²) in [4.78, 5) is 0. The second-order valence-electron chi connectivity index (χ2n) is 5.05. The lowest BCUT2D eigenvalue weighted by atomic mass is 10.0. The molecule has 1 fully saturated rings. The molecule has 100 valence electrons. The van der Waals surface area contributed by atoms with E-state index in [1.165, 1.54) is 0 Å². The van der Waals surface area contributed by atoms with Crippen LogP contribution in [0.25, 0.3) is 0 Å². The summed E-state index contributed by atoms with van der Waals surface area (Å²) in [6, 6.07) is 5.65. The normalized spacial score (nSPS) is 25.3. The van der Waals surface area contributed by atoms with Gasteiger partial charge in [0.1, 0.15) is 0 Å². The quantitative estimate of drug-likeness (QED) is 0.883. The molecule has 2 N–H and O–H groups in total. The zero-order valence-corrected chi connectivity index (χ0v) is 12.0. The van der Waals surface area contributed by atoms with Gasteiger partial charge in [0.2, 0.25) is 0 Å². The van der Waals surface area contributed by atoms with Gasteiger partial charge in [0, 0.05) is 22.6 Å². The summed E-state index contributed by atoms with van der Waals surface area (Å²) < 4.78 is 0. The van der Waals surface area contributed by atoms with E-state index in [9.17, 15) is 5.11 Å². The van der Waals surface area contributed by atoms with Crippen LogP contribution in [-0.4, -0.2) is 17.8 Å². The van der Waals surface area contributed by atoms with Gasteiger partial charge in [0.05, 0.1) is 6.10 Å². The van der Waals surface area contributed by atoms with E-state index < -0.39 is 0 Å². The van der Waals surface area contributed by atoms with Gasteiger partial charge in [-0.05, 0) is 49.4 Å². The van der Waals surface area contributed by atoms with Crippen LogP contribution in [0.5, 0.6) is 0 Å². The average Bonchev–Trinajstić information content (AvgIpc) is 2.75. The largest absolute Gasteiger partial charge is 0.393 e. The lowest BCUT2D eigenvalue weighted by Gasteiger charge is -2.20. The topological polar surface area (TPSA) is 32.3 Å². The van der Waals surface area contributed by atoms with E-state index in [0.29, 0.717) is 10.9 Å². The molecule has 18 heavy (non-hydrogen) atoms. The van der Waals surface area contributed by atoms with Gasteiger partial charge >= 0.3 is 0 Å². The molecular formula is C14H19Cl2NO. The molecule has 0 aliphatic heterocycles. The zero-order chi connectivity index (χ0) is 13.1. The SMILES string of the molecule is CC(NCC1CCCC1O)c1cc(Cl)ccc1Cl. The highest BCUT2D eigenvalue weighted by atomic mass is 35.5. The smallest absolute Gasteiger partial charge is 0.0580 e. The Kier molecular flexibility index (Phi) is 4.91. The Morgan fingerprint density at radius 2 is 2.17 bits per heavy atom. The molecule has 0 bridgehead atoms. The van der Waals surface area contributed by atoms with Crippen LogP contribution in [0.2, 0.25) is 10.0 Å². The number of aliphatic hydroxyl groups excluding tert-OH is 1. The molecule has 0 heterocycles. The number of rotatable bonds is 4. The molecule has 1 aromatic rings. The van der Waals surface area contributed by atoms with E-state index in [0.717, 1.165) is 36.4 Å². The minimum atomic E-state index is -0.153. The van der Waals surface area contributed by atoms with Gasteiger partial charge in [0.15, 0.2) is 0 Å². The number of nitrogens with one attached hydrogen (secondary N) is 1. The first-order valence-corrected chi connectivity index (χ1v) is 7.20. The summed E-state index contributed by atoms with van der Waals surface area (Å²) in [6.07, 6.45) is 3.00. The van der Waals surface area contributed by atoms with E-state index in [2.05, 4.69) is 12.2 Å². The Morgan fingerprint density at radius 1 is 1.39 bits per heavy atom. The highest BCUT2D eigenvalue weighted by Gasteiger charge is 2.25. The van der Waals surface area contributed by atoms with Gasteiger partial charge in [0.25, 0.3) is 0 Å². The van der Waals surface area contributed by atoms with Crippen LogP contribution < -0.4 is 5.32 Å². The fourth-order valence-electron chi connectivity index (χ4n) is 2.54. The lowest BCUT2D eigenvalue weighted by Crippen LogP contribution is -2.29. The highest BCUT2D eigenvalue weighted by molar-refractivity contribution is 6.33. The fraction of sp³-hybridized carbons (Fsp3) is 0.571. The maximum absolute atomic E-state index is 9.78. The Bertz CT molecular complexity index is 411. The van der Waals surface area contributed by atoms with E-state index in [4.69, 9.17) is 23.2 Å². The summed E-state index contributed by atoms with van der Waals surface area (Å²) in [5, 5.41) is 14.6. The summed E-state index contributed by atoms with van der Waals surface area (Å²) in [7, 11) is 0. The Labute approximate surface area is 118 Å². The molecule has 0 aromatic heterocycles. The third-order valence-corrected chi connectivity index (χ3v) is 4.31. The van der Waals surface area contributed by atoms with Crippen molar-refractivity contribution >= 4 is 23.2 Å². The number of halogens is 2. The third kappa shape index (κ3) is 3.39. The monoisotopic (exact) mass is 287 g/mol. The molecule has 3 atom stereocenters. The summed E-state index contributed by atoms with van der Waals surface area (Å²) in [5.74, 6) is 0.366. The molecule has 0 spiro atoms. The highest BCUT2D eigenvalue weighted by Crippen LogP contribution is 2.28. The second kappa shape index (κ2) is 6.25. The van der Waals surface area contributed by atoms with Crippen LogP contribution in [0.3, 0.4) is 0 Å². The summed E-state index contributed by atoms with van der Waals surface area (Å²) in [5.41, 5.74) is 1.01. The van der Waals surface area contributed by atoms with E-state index in [1.54, 1.807) is 6.07 Å². The molecule has 1 aliphatic rings. The third-order valence-electron chi connectivity index (χ3n) is 3.73. The van der Waals surface area contributed by atoms with Crippen LogP contribution in [-0.2, 0) is 0 Å². The van der Waals surface area contributed by atoms with Gasteiger partial charge in [-0.3, -0.25) is 0 Å². The van der Waals surface area contributed by atoms with Crippen LogP contribution in [0.1, 0.15) is 37.8 Å². The van der Waals surface area contributed by atoms with Crippen molar-refractivity contribution in [2.24, 2.45) is 5.92 Å². The molecule has 0 amide bonds. The van der Waals surface area contributed by atoms with E-state index in [1.807, 2.05) is 12.1 Å². The van der Waals surface area contributed by atoms with Crippen molar-refractivity contribution in [1.29, 1.82) is 0 Å². The fourth-order valence-corrected chi connectivity index (χ4v) is 3.00. The van der Waals surface area contributed by atoms with Gasteiger partial charge in [-0.1, -0.05) is 29.6 Å². The maximum Gasteiger partial charge on any atom is 0.0580 e. The summed E-state index contributed by atoms with van der Waals surface area (Å²) >= 11 is 12.2. The number of benzene rings is 1. The van der Waals surface area contributed by atoms with Gasteiger partial charge in [-0.25, -0.2) is 0 Å². The molecular weight excluding hydrogens is 269 g/mol. The molecule has 0 radical (unpaired) electrons. The predicted molar refractivity (Wildman–Crippen MR) is 76.2 cm³/mol. The molecule has 2 rings (SSSR count). The first-order valence-electron chi connectivity index (χ1n) is 6.44. The predicted octanol–water partition coefficient (Wildman–Crippen LogP) is 3.81. The number of aliphatic hydroxyl groups is 1. The van der Waals surface area contributed by atoms with E-state index in [-0.39, 0.29) is 12.1 Å². The minimum absolute atomic E-state index is 0.143. The Hall–Kier alpha value is -0.280. The van der Waals surface area contributed by atoms with Gasteiger partial charge in [-0.15, -0.1) is 0 Å². The van der Waals surface area contributed by atoms with E-state index >= 15 is 0 Å². The number of hydrogen-bond acceptors (Lipinski definition) is 2. The Balaban J connectivity index is 1.94. The molecule has 1 saturated carbocycles.